The van der Waals surface area contributed by atoms with Crippen LogP contribution in [0.3, 0.4) is 0 Å². The molecule has 0 saturated heterocycles. The molecule has 1 aromatic carbocycles. The first-order valence-electron chi connectivity index (χ1n) is 6.62. The Morgan fingerprint density at radius 3 is 2.47 bits per heavy atom. The van der Waals surface area contributed by atoms with Gasteiger partial charge in [-0.15, -0.1) is 6.58 Å². The topological polar surface area (TPSA) is 12.0 Å². The lowest BCUT2D eigenvalue weighted by molar-refractivity contribution is 0.421. The molecule has 0 aliphatic heterocycles. The number of benzene rings is 1. The highest BCUT2D eigenvalue weighted by atomic mass is 14.9. The molecule has 1 aromatic rings. The summed E-state index contributed by atoms with van der Waals surface area (Å²) in [6.45, 7) is 9.42. The van der Waals surface area contributed by atoms with Crippen molar-refractivity contribution in [2.45, 2.75) is 44.6 Å². The molecule has 1 aliphatic rings. The second-order valence-corrected chi connectivity index (χ2v) is 5.29. The molecule has 0 aromatic heterocycles. The highest BCUT2D eigenvalue weighted by molar-refractivity contribution is 5.34. The zero-order chi connectivity index (χ0) is 12.3. The summed E-state index contributed by atoms with van der Waals surface area (Å²) in [6.07, 6.45) is 3.70. The summed E-state index contributed by atoms with van der Waals surface area (Å²) in [7, 11) is 0. The summed E-state index contributed by atoms with van der Waals surface area (Å²) >= 11 is 0. The number of hydrogen-bond donors (Lipinski definition) is 1. The highest BCUT2D eigenvalue weighted by Gasteiger charge is 2.49. The van der Waals surface area contributed by atoms with Gasteiger partial charge in [-0.2, -0.15) is 0 Å². The summed E-state index contributed by atoms with van der Waals surface area (Å²) in [4.78, 5) is 0. The third kappa shape index (κ3) is 2.61. The molecule has 0 radical (unpaired) electrons. The van der Waals surface area contributed by atoms with Gasteiger partial charge >= 0.3 is 0 Å². The first-order chi connectivity index (χ1) is 8.19. The second kappa shape index (κ2) is 5.05. The standard InChI is InChI=1S/C16H23N/c1-4-17-15(12-13(2)3)16(10-11-16)14-8-6-5-7-9-14/h5-9,15,17H,2,4,10-12H2,1,3H3. The van der Waals surface area contributed by atoms with Crippen molar-refractivity contribution in [2.24, 2.45) is 0 Å². The fourth-order valence-corrected chi connectivity index (χ4v) is 2.80. The van der Waals surface area contributed by atoms with E-state index >= 15 is 0 Å². The predicted octanol–water partition coefficient (Wildman–Crippen LogP) is 3.66. The van der Waals surface area contributed by atoms with Gasteiger partial charge in [-0.1, -0.05) is 42.8 Å². The van der Waals surface area contributed by atoms with Crippen LogP contribution in [0.25, 0.3) is 0 Å². The van der Waals surface area contributed by atoms with Crippen molar-refractivity contribution in [3.8, 4) is 0 Å². The fourth-order valence-electron chi connectivity index (χ4n) is 2.80. The van der Waals surface area contributed by atoms with Gasteiger partial charge in [-0.25, -0.2) is 0 Å². The fraction of sp³-hybridized carbons (Fsp3) is 0.500. The monoisotopic (exact) mass is 229 g/mol. The van der Waals surface area contributed by atoms with E-state index in [-0.39, 0.29) is 0 Å². The van der Waals surface area contributed by atoms with Gasteiger partial charge in [0.2, 0.25) is 0 Å². The maximum atomic E-state index is 4.07. The first-order valence-corrected chi connectivity index (χ1v) is 6.62. The Hall–Kier alpha value is -1.08. The summed E-state index contributed by atoms with van der Waals surface area (Å²) < 4.78 is 0. The van der Waals surface area contributed by atoms with Crippen molar-refractivity contribution < 1.29 is 0 Å². The summed E-state index contributed by atoms with van der Waals surface area (Å²) in [5, 5.41) is 3.65. The van der Waals surface area contributed by atoms with Crippen LogP contribution in [0, 0.1) is 0 Å². The van der Waals surface area contributed by atoms with E-state index in [4.69, 9.17) is 0 Å². The minimum absolute atomic E-state index is 0.371. The summed E-state index contributed by atoms with van der Waals surface area (Å²) in [5.74, 6) is 0. The average Bonchev–Trinajstić information content (AvgIpc) is 3.10. The largest absolute Gasteiger partial charge is 0.313 e. The van der Waals surface area contributed by atoms with Gasteiger partial charge < -0.3 is 5.32 Å². The van der Waals surface area contributed by atoms with Gasteiger partial charge in [0.25, 0.3) is 0 Å². The third-order valence-electron chi connectivity index (χ3n) is 3.81. The lowest BCUT2D eigenvalue weighted by atomic mass is 9.84. The van der Waals surface area contributed by atoms with Gasteiger partial charge in [-0.05, 0) is 38.3 Å². The zero-order valence-corrected chi connectivity index (χ0v) is 11.0. The van der Waals surface area contributed by atoms with Crippen molar-refractivity contribution in [3.05, 3.63) is 48.0 Å². The Kier molecular flexibility index (Phi) is 3.68. The first kappa shape index (κ1) is 12.4. The van der Waals surface area contributed by atoms with E-state index in [9.17, 15) is 0 Å². The smallest absolute Gasteiger partial charge is 0.0201 e. The van der Waals surface area contributed by atoms with Crippen LogP contribution >= 0.6 is 0 Å². The molecule has 1 saturated carbocycles. The minimum Gasteiger partial charge on any atom is -0.313 e. The van der Waals surface area contributed by atoms with Crippen molar-refractivity contribution in [2.75, 3.05) is 6.54 Å². The lowest BCUT2D eigenvalue weighted by Crippen LogP contribution is -2.40. The molecule has 1 unspecified atom stereocenters. The molecular weight excluding hydrogens is 206 g/mol. The average molecular weight is 229 g/mol. The maximum absolute atomic E-state index is 4.07. The second-order valence-electron chi connectivity index (χ2n) is 5.29. The van der Waals surface area contributed by atoms with E-state index in [2.05, 4.69) is 56.1 Å². The lowest BCUT2D eigenvalue weighted by Gasteiger charge is -2.28. The van der Waals surface area contributed by atoms with Crippen molar-refractivity contribution >= 4 is 0 Å². The van der Waals surface area contributed by atoms with Crippen molar-refractivity contribution in [1.29, 1.82) is 0 Å². The number of hydrogen-bond acceptors (Lipinski definition) is 1. The van der Waals surface area contributed by atoms with Gasteiger partial charge in [0.05, 0.1) is 0 Å². The predicted molar refractivity (Wildman–Crippen MR) is 74.2 cm³/mol. The number of rotatable bonds is 6. The van der Waals surface area contributed by atoms with E-state index in [0.29, 0.717) is 11.5 Å². The molecule has 0 spiro atoms. The normalized spacial score (nSPS) is 18.7. The van der Waals surface area contributed by atoms with Crippen LogP contribution in [-0.4, -0.2) is 12.6 Å². The molecule has 0 amide bonds. The summed E-state index contributed by atoms with van der Waals surface area (Å²) in [6, 6.07) is 11.5. The van der Waals surface area contributed by atoms with Crippen LogP contribution in [0.5, 0.6) is 0 Å². The molecule has 17 heavy (non-hydrogen) atoms. The Labute approximate surface area is 105 Å². The van der Waals surface area contributed by atoms with Gasteiger partial charge in [0, 0.05) is 11.5 Å². The molecule has 1 nitrogen and oxygen atoms in total. The molecule has 1 N–H and O–H groups in total. The SMILES string of the molecule is C=C(C)CC(NCC)C1(c2ccccc2)CC1. The van der Waals surface area contributed by atoms with E-state index in [1.165, 1.54) is 24.0 Å². The third-order valence-corrected chi connectivity index (χ3v) is 3.81. The van der Waals surface area contributed by atoms with Crippen LogP contribution in [0.1, 0.15) is 38.7 Å². The molecular formula is C16H23N. The molecule has 1 heteroatoms. The van der Waals surface area contributed by atoms with E-state index in [1.807, 2.05) is 0 Å². The highest BCUT2D eigenvalue weighted by Crippen LogP contribution is 2.52. The summed E-state index contributed by atoms with van der Waals surface area (Å²) in [5.41, 5.74) is 3.14. The molecule has 92 valence electrons. The molecule has 0 bridgehead atoms. The van der Waals surface area contributed by atoms with Crippen LogP contribution < -0.4 is 5.32 Å². The Morgan fingerprint density at radius 1 is 1.35 bits per heavy atom. The van der Waals surface area contributed by atoms with Crippen molar-refractivity contribution in [1.82, 2.24) is 5.32 Å². The molecule has 1 atom stereocenters. The Morgan fingerprint density at radius 2 is 2.00 bits per heavy atom. The Balaban J connectivity index is 2.20. The van der Waals surface area contributed by atoms with E-state index < -0.39 is 0 Å². The quantitative estimate of drug-likeness (QED) is 0.734. The van der Waals surface area contributed by atoms with Gasteiger partial charge in [0.15, 0.2) is 0 Å². The van der Waals surface area contributed by atoms with Crippen LogP contribution in [0.4, 0.5) is 0 Å². The van der Waals surface area contributed by atoms with Crippen molar-refractivity contribution in [3.63, 3.8) is 0 Å². The molecule has 0 heterocycles. The zero-order valence-electron chi connectivity index (χ0n) is 11.0. The van der Waals surface area contributed by atoms with E-state index in [0.717, 1.165) is 13.0 Å². The van der Waals surface area contributed by atoms with Crippen LogP contribution in [0.15, 0.2) is 42.5 Å². The van der Waals surface area contributed by atoms with E-state index in [1.54, 1.807) is 0 Å². The van der Waals surface area contributed by atoms with Gasteiger partial charge in [-0.3, -0.25) is 0 Å². The van der Waals surface area contributed by atoms with Gasteiger partial charge in [0.1, 0.15) is 0 Å². The van der Waals surface area contributed by atoms with Crippen LogP contribution in [-0.2, 0) is 5.41 Å². The molecule has 2 rings (SSSR count). The Bertz CT molecular complexity index is 376. The minimum atomic E-state index is 0.371. The molecule has 1 aliphatic carbocycles. The van der Waals surface area contributed by atoms with Crippen LogP contribution in [0.2, 0.25) is 0 Å². The number of likely N-dealkylation sites (N-methyl/N-ethyl adjacent to an activating group) is 1. The maximum Gasteiger partial charge on any atom is 0.0201 e. The number of nitrogens with one attached hydrogen (secondary N) is 1. The molecule has 1 fully saturated rings.